The molecule has 0 N–H and O–H groups in total. The monoisotopic (exact) mass is 265 g/mol. The summed E-state index contributed by atoms with van der Waals surface area (Å²) in [6.45, 7) is 2.42. The summed E-state index contributed by atoms with van der Waals surface area (Å²) in [5, 5.41) is 10.9. The lowest BCUT2D eigenvalue weighted by atomic mass is 9.90. The molecule has 1 saturated carbocycles. The summed E-state index contributed by atoms with van der Waals surface area (Å²) in [5.41, 5.74) is -0.101. The van der Waals surface area contributed by atoms with E-state index >= 15 is 0 Å². The van der Waals surface area contributed by atoms with Gasteiger partial charge in [-0.15, -0.1) is 0 Å². The van der Waals surface area contributed by atoms with Gasteiger partial charge in [0, 0.05) is 19.1 Å². The number of nitro groups is 1. The summed E-state index contributed by atoms with van der Waals surface area (Å²) in [7, 11) is 0. The summed E-state index contributed by atoms with van der Waals surface area (Å²) in [6, 6.07) is 6.13. The molecule has 2 rings (SSSR count). The second-order valence-electron chi connectivity index (χ2n) is 4.34. The van der Waals surface area contributed by atoms with Crippen molar-refractivity contribution < 1.29 is 19.2 Å². The van der Waals surface area contributed by atoms with Crippen molar-refractivity contribution in [3.63, 3.8) is 0 Å². The number of ketones is 1. The standard InChI is InChI=1S/C13H15NO5/c1-2-7-18-13-10(15)8-12(13)19-11-6-4-3-5-9(11)14(16)17/h3-6,12-13H,2,7-8H2,1H3. The Morgan fingerprint density at radius 1 is 1.42 bits per heavy atom. The lowest BCUT2D eigenvalue weighted by Crippen LogP contribution is -2.52. The Labute approximate surface area is 110 Å². The van der Waals surface area contributed by atoms with Gasteiger partial charge in [-0.2, -0.15) is 0 Å². The quantitative estimate of drug-likeness (QED) is 0.581. The van der Waals surface area contributed by atoms with Gasteiger partial charge in [0.15, 0.2) is 17.6 Å². The minimum Gasteiger partial charge on any atom is -0.480 e. The first-order valence-corrected chi connectivity index (χ1v) is 6.18. The minimum atomic E-state index is -0.597. The number of hydrogen-bond donors (Lipinski definition) is 0. The first-order chi connectivity index (χ1) is 9.13. The number of nitrogens with zero attached hydrogens (tertiary/aromatic N) is 1. The van der Waals surface area contributed by atoms with E-state index in [0.717, 1.165) is 6.42 Å². The zero-order valence-corrected chi connectivity index (χ0v) is 10.6. The second kappa shape index (κ2) is 5.79. The molecule has 102 valence electrons. The maximum atomic E-state index is 11.4. The third-order valence-corrected chi connectivity index (χ3v) is 2.90. The van der Waals surface area contributed by atoms with Gasteiger partial charge in [0.2, 0.25) is 0 Å². The third kappa shape index (κ3) is 2.90. The second-order valence-corrected chi connectivity index (χ2v) is 4.34. The van der Waals surface area contributed by atoms with Crippen LogP contribution in [0.3, 0.4) is 0 Å². The van der Waals surface area contributed by atoms with Crippen molar-refractivity contribution in [2.45, 2.75) is 32.0 Å². The highest BCUT2D eigenvalue weighted by molar-refractivity contribution is 5.90. The number of nitro benzene ring substituents is 1. The number of rotatable bonds is 6. The Balaban J connectivity index is 2.05. The van der Waals surface area contributed by atoms with Crippen LogP contribution in [-0.4, -0.2) is 29.5 Å². The molecule has 0 aromatic heterocycles. The Morgan fingerprint density at radius 3 is 2.79 bits per heavy atom. The molecule has 1 aromatic rings. The highest BCUT2D eigenvalue weighted by Crippen LogP contribution is 2.31. The maximum absolute atomic E-state index is 11.4. The van der Waals surface area contributed by atoms with E-state index in [2.05, 4.69) is 0 Å². The Hall–Kier alpha value is -1.95. The van der Waals surface area contributed by atoms with Crippen molar-refractivity contribution in [3.05, 3.63) is 34.4 Å². The number of carbonyl (C=O) groups is 1. The fraction of sp³-hybridized carbons (Fsp3) is 0.462. The van der Waals surface area contributed by atoms with Crippen LogP contribution in [-0.2, 0) is 9.53 Å². The molecule has 0 spiro atoms. The van der Waals surface area contributed by atoms with Crippen LogP contribution in [0.5, 0.6) is 5.75 Å². The van der Waals surface area contributed by atoms with Crippen LogP contribution in [0, 0.1) is 10.1 Å². The minimum absolute atomic E-state index is 0.0166. The van der Waals surface area contributed by atoms with E-state index in [1.807, 2.05) is 6.92 Å². The Kier molecular flexibility index (Phi) is 4.11. The van der Waals surface area contributed by atoms with Gasteiger partial charge in [0.25, 0.3) is 0 Å². The van der Waals surface area contributed by atoms with Crippen LogP contribution in [0.1, 0.15) is 19.8 Å². The van der Waals surface area contributed by atoms with Gasteiger partial charge in [-0.3, -0.25) is 14.9 Å². The molecule has 0 aliphatic heterocycles. The molecule has 1 aromatic carbocycles. The Morgan fingerprint density at radius 2 is 2.16 bits per heavy atom. The highest BCUT2D eigenvalue weighted by atomic mass is 16.6. The van der Waals surface area contributed by atoms with Crippen LogP contribution in [0.15, 0.2) is 24.3 Å². The average Bonchev–Trinajstić information content (AvgIpc) is 2.39. The van der Waals surface area contributed by atoms with Crippen molar-refractivity contribution in [3.8, 4) is 5.75 Å². The molecule has 0 bridgehead atoms. The van der Waals surface area contributed by atoms with Gasteiger partial charge in [-0.05, 0) is 12.5 Å². The number of hydrogen-bond acceptors (Lipinski definition) is 5. The number of ether oxygens (including phenoxy) is 2. The number of benzene rings is 1. The molecule has 6 nitrogen and oxygen atoms in total. The highest BCUT2D eigenvalue weighted by Gasteiger charge is 2.43. The molecule has 6 heteroatoms. The predicted octanol–water partition coefficient (Wildman–Crippen LogP) is 2.11. The zero-order valence-electron chi connectivity index (χ0n) is 10.6. The fourth-order valence-corrected chi connectivity index (χ4v) is 1.89. The third-order valence-electron chi connectivity index (χ3n) is 2.90. The molecule has 2 atom stereocenters. The van der Waals surface area contributed by atoms with Gasteiger partial charge in [0.1, 0.15) is 6.10 Å². The normalized spacial score (nSPS) is 21.8. The molecule has 0 radical (unpaired) electrons. The van der Waals surface area contributed by atoms with Crippen LogP contribution in [0.25, 0.3) is 0 Å². The molecule has 0 saturated heterocycles. The largest absolute Gasteiger partial charge is 0.480 e. The number of para-hydroxylation sites is 2. The number of carbonyl (C=O) groups excluding carboxylic acids is 1. The first kappa shape index (κ1) is 13.5. The van der Waals surface area contributed by atoms with Crippen LogP contribution in [0.2, 0.25) is 0 Å². The van der Waals surface area contributed by atoms with Crippen molar-refractivity contribution >= 4 is 11.5 Å². The van der Waals surface area contributed by atoms with Crippen LogP contribution < -0.4 is 4.74 Å². The SMILES string of the molecule is CCCOC1C(=O)CC1Oc1ccccc1[N+](=O)[O-]. The number of Topliss-reactive ketones (excluding diaryl/α,β-unsaturated/α-hetero) is 1. The molecule has 1 aliphatic rings. The molecule has 19 heavy (non-hydrogen) atoms. The van der Waals surface area contributed by atoms with E-state index in [1.54, 1.807) is 12.1 Å². The molecular formula is C13H15NO5. The average molecular weight is 265 g/mol. The molecule has 2 unspecified atom stereocenters. The lowest BCUT2D eigenvalue weighted by molar-refractivity contribution is -0.386. The van der Waals surface area contributed by atoms with E-state index in [4.69, 9.17) is 9.47 Å². The zero-order chi connectivity index (χ0) is 13.8. The summed E-state index contributed by atoms with van der Waals surface area (Å²) < 4.78 is 10.9. The van der Waals surface area contributed by atoms with Crippen LogP contribution in [0.4, 0.5) is 5.69 Å². The van der Waals surface area contributed by atoms with Crippen LogP contribution >= 0.6 is 0 Å². The summed E-state index contributed by atoms with van der Waals surface area (Å²) in [5.74, 6) is 0.159. The Bertz CT molecular complexity index is 488. The van der Waals surface area contributed by atoms with E-state index < -0.39 is 17.1 Å². The summed E-state index contributed by atoms with van der Waals surface area (Å²) in [6.07, 6.45) is 0.0162. The van der Waals surface area contributed by atoms with Gasteiger partial charge in [-0.25, -0.2) is 0 Å². The van der Waals surface area contributed by atoms with E-state index in [-0.39, 0.29) is 23.6 Å². The maximum Gasteiger partial charge on any atom is 0.310 e. The summed E-state index contributed by atoms with van der Waals surface area (Å²) >= 11 is 0. The molecule has 0 amide bonds. The molecule has 0 heterocycles. The van der Waals surface area contributed by atoms with E-state index in [1.165, 1.54) is 12.1 Å². The topological polar surface area (TPSA) is 78.7 Å². The lowest BCUT2D eigenvalue weighted by Gasteiger charge is -2.34. The van der Waals surface area contributed by atoms with Crippen molar-refractivity contribution in [1.29, 1.82) is 0 Å². The smallest absolute Gasteiger partial charge is 0.310 e. The van der Waals surface area contributed by atoms with Gasteiger partial charge in [-0.1, -0.05) is 19.1 Å². The molecule has 1 fully saturated rings. The summed E-state index contributed by atoms with van der Waals surface area (Å²) in [4.78, 5) is 21.8. The molecular weight excluding hydrogens is 250 g/mol. The predicted molar refractivity (Wildman–Crippen MR) is 67.2 cm³/mol. The van der Waals surface area contributed by atoms with Gasteiger partial charge in [0.05, 0.1) is 4.92 Å². The van der Waals surface area contributed by atoms with Crippen molar-refractivity contribution in [2.75, 3.05) is 6.61 Å². The van der Waals surface area contributed by atoms with Gasteiger partial charge < -0.3 is 9.47 Å². The fourth-order valence-electron chi connectivity index (χ4n) is 1.89. The van der Waals surface area contributed by atoms with Gasteiger partial charge >= 0.3 is 5.69 Å². The van der Waals surface area contributed by atoms with E-state index in [9.17, 15) is 14.9 Å². The first-order valence-electron chi connectivity index (χ1n) is 6.18. The molecule has 1 aliphatic carbocycles. The van der Waals surface area contributed by atoms with E-state index in [0.29, 0.717) is 6.61 Å². The van der Waals surface area contributed by atoms with Crippen molar-refractivity contribution in [2.24, 2.45) is 0 Å². The van der Waals surface area contributed by atoms with Crippen molar-refractivity contribution in [1.82, 2.24) is 0 Å².